The van der Waals surface area contributed by atoms with E-state index in [4.69, 9.17) is 10.5 Å². The van der Waals surface area contributed by atoms with Crippen LogP contribution in [0.15, 0.2) is 18.3 Å². The van der Waals surface area contributed by atoms with Gasteiger partial charge in [0.25, 0.3) is 11.8 Å². The van der Waals surface area contributed by atoms with Gasteiger partial charge >= 0.3 is 6.09 Å². The Morgan fingerprint density at radius 3 is 2.67 bits per heavy atom. The molecule has 0 bridgehead atoms. The average molecular weight is 341 g/mol. The number of piperidine rings is 1. The van der Waals surface area contributed by atoms with Crippen LogP contribution in [-0.4, -0.2) is 46.5 Å². The predicted molar refractivity (Wildman–Crippen MR) is 82.9 cm³/mol. The molecule has 0 aliphatic carbocycles. The van der Waals surface area contributed by atoms with E-state index < -0.39 is 35.9 Å². The Morgan fingerprint density at radius 1 is 1.42 bits per heavy atom. The minimum absolute atomic E-state index is 0.0855. The van der Waals surface area contributed by atoms with Crippen molar-refractivity contribution >= 4 is 12.0 Å². The summed E-state index contributed by atoms with van der Waals surface area (Å²) in [5, 5.41) is 0. The number of pyridine rings is 1. The molecule has 6 nitrogen and oxygen atoms in total. The third-order valence-corrected chi connectivity index (χ3v) is 3.72. The van der Waals surface area contributed by atoms with E-state index in [1.165, 1.54) is 23.2 Å². The predicted octanol–water partition coefficient (Wildman–Crippen LogP) is 2.54. The maximum Gasteiger partial charge on any atom is 0.410 e. The van der Waals surface area contributed by atoms with Gasteiger partial charge in [0, 0.05) is 25.7 Å². The summed E-state index contributed by atoms with van der Waals surface area (Å²) in [5.41, 5.74) is 4.58. The van der Waals surface area contributed by atoms with Gasteiger partial charge in [-0.25, -0.2) is 13.6 Å². The molecule has 0 spiro atoms. The van der Waals surface area contributed by atoms with Crippen LogP contribution in [0, 0.1) is 0 Å². The van der Waals surface area contributed by atoms with Crippen molar-refractivity contribution in [1.82, 2.24) is 9.88 Å². The first kappa shape index (κ1) is 18.1. The number of alkyl halides is 2. The number of amides is 2. The van der Waals surface area contributed by atoms with Crippen molar-refractivity contribution < 1.29 is 23.1 Å². The second-order valence-electron chi connectivity index (χ2n) is 6.83. The zero-order valence-corrected chi connectivity index (χ0v) is 13.9. The van der Waals surface area contributed by atoms with Gasteiger partial charge in [-0.05, 0) is 38.5 Å². The fourth-order valence-electron chi connectivity index (χ4n) is 2.54. The van der Waals surface area contributed by atoms with E-state index in [9.17, 15) is 18.4 Å². The lowest BCUT2D eigenvalue weighted by molar-refractivity contribution is -0.0771. The summed E-state index contributed by atoms with van der Waals surface area (Å²) < 4.78 is 33.9. The molecule has 1 fully saturated rings. The number of hydrogen-bond donors (Lipinski definition) is 1. The summed E-state index contributed by atoms with van der Waals surface area (Å²) in [5.74, 6) is -5.05. The first-order chi connectivity index (χ1) is 11.0. The number of aromatic nitrogens is 1. The standard InChI is InChI=1S/C16H21F2N3O3/c1-15(2,3)24-14(23)21-7-5-16(17,18)11(9-21)10-4-6-20-12(8-10)13(19)22/h4,6,8,11H,5,7,9H2,1-3H3,(H2,19,22). The largest absolute Gasteiger partial charge is 0.444 e. The van der Waals surface area contributed by atoms with Gasteiger partial charge in [0.15, 0.2) is 0 Å². The molecule has 1 aromatic rings. The summed E-state index contributed by atoms with van der Waals surface area (Å²) in [6.07, 6.45) is 0.149. The molecule has 132 valence electrons. The van der Waals surface area contributed by atoms with Crippen molar-refractivity contribution in [2.75, 3.05) is 13.1 Å². The number of nitrogens with two attached hydrogens (primary N) is 1. The molecule has 1 saturated heterocycles. The molecule has 2 heterocycles. The molecule has 24 heavy (non-hydrogen) atoms. The van der Waals surface area contributed by atoms with Crippen LogP contribution in [0.1, 0.15) is 49.2 Å². The van der Waals surface area contributed by atoms with Crippen LogP contribution >= 0.6 is 0 Å². The summed E-state index contributed by atoms with van der Waals surface area (Å²) >= 11 is 0. The lowest BCUT2D eigenvalue weighted by atomic mass is 9.87. The third kappa shape index (κ3) is 4.18. The zero-order chi connectivity index (χ0) is 18.1. The van der Waals surface area contributed by atoms with Crippen molar-refractivity contribution in [2.45, 2.75) is 44.6 Å². The molecule has 1 aliphatic heterocycles. The van der Waals surface area contributed by atoms with Crippen LogP contribution < -0.4 is 5.73 Å². The molecule has 0 radical (unpaired) electrons. The number of primary amides is 1. The highest BCUT2D eigenvalue weighted by molar-refractivity contribution is 5.90. The first-order valence-corrected chi connectivity index (χ1v) is 7.61. The van der Waals surface area contributed by atoms with Crippen molar-refractivity contribution in [1.29, 1.82) is 0 Å². The van der Waals surface area contributed by atoms with Crippen molar-refractivity contribution in [3.8, 4) is 0 Å². The van der Waals surface area contributed by atoms with Crippen molar-refractivity contribution in [2.24, 2.45) is 5.73 Å². The number of hydrogen-bond acceptors (Lipinski definition) is 4. The van der Waals surface area contributed by atoms with Crippen molar-refractivity contribution in [3.05, 3.63) is 29.6 Å². The number of likely N-dealkylation sites (tertiary alicyclic amines) is 1. The summed E-state index contributed by atoms with van der Waals surface area (Å²) in [4.78, 5) is 28.4. The van der Waals surface area contributed by atoms with Crippen LogP contribution in [0.25, 0.3) is 0 Å². The highest BCUT2D eigenvalue weighted by Crippen LogP contribution is 2.40. The summed E-state index contributed by atoms with van der Waals surface area (Å²) in [7, 11) is 0. The molecule has 1 unspecified atom stereocenters. The Morgan fingerprint density at radius 2 is 2.08 bits per heavy atom. The van der Waals surface area contributed by atoms with Crippen LogP contribution in [-0.2, 0) is 4.74 Å². The first-order valence-electron chi connectivity index (χ1n) is 7.61. The maximum atomic E-state index is 14.3. The number of rotatable bonds is 2. The third-order valence-electron chi connectivity index (χ3n) is 3.72. The fraction of sp³-hybridized carbons (Fsp3) is 0.562. The smallest absolute Gasteiger partial charge is 0.410 e. The maximum absolute atomic E-state index is 14.3. The summed E-state index contributed by atoms with van der Waals surface area (Å²) in [6, 6.07) is 2.66. The van der Waals surface area contributed by atoms with Gasteiger partial charge in [-0.15, -0.1) is 0 Å². The average Bonchev–Trinajstić information content (AvgIpc) is 2.45. The fourth-order valence-corrected chi connectivity index (χ4v) is 2.54. The van der Waals surface area contributed by atoms with E-state index in [1.54, 1.807) is 20.8 Å². The quantitative estimate of drug-likeness (QED) is 0.896. The van der Waals surface area contributed by atoms with Crippen LogP contribution in [0.2, 0.25) is 0 Å². The van der Waals surface area contributed by atoms with Gasteiger partial charge in [0.2, 0.25) is 0 Å². The Balaban J connectivity index is 2.25. The minimum Gasteiger partial charge on any atom is -0.444 e. The number of halogens is 2. The molecular formula is C16H21F2N3O3. The number of carbonyl (C=O) groups is 2. The summed E-state index contributed by atoms with van der Waals surface area (Å²) in [6.45, 7) is 4.84. The number of ether oxygens (including phenoxy) is 1. The number of nitrogens with zero attached hydrogens (tertiary/aromatic N) is 2. The minimum atomic E-state index is -3.01. The normalized spacial score (nSPS) is 20.5. The van der Waals surface area contributed by atoms with Gasteiger partial charge in [-0.1, -0.05) is 0 Å². The van der Waals surface area contributed by atoms with E-state index in [-0.39, 0.29) is 24.3 Å². The van der Waals surface area contributed by atoms with Gasteiger partial charge in [-0.3, -0.25) is 9.78 Å². The zero-order valence-electron chi connectivity index (χ0n) is 13.9. The van der Waals surface area contributed by atoms with Crippen LogP contribution in [0.3, 0.4) is 0 Å². The Bertz CT molecular complexity index is 644. The molecule has 1 atom stereocenters. The molecule has 1 aliphatic rings. The van der Waals surface area contributed by atoms with E-state index >= 15 is 0 Å². The molecule has 2 rings (SSSR count). The molecule has 2 amide bonds. The molecule has 0 aromatic carbocycles. The van der Waals surface area contributed by atoms with Crippen molar-refractivity contribution in [3.63, 3.8) is 0 Å². The highest BCUT2D eigenvalue weighted by atomic mass is 19.3. The molecular weight excluding hydrogens is 320 g/mol. The van der Waals surface area contributed by atoms with E-state index in [2.05, 4.69) is 4.98 Å². The number of carbonyl (C=O) groups excluding carboxylic acids is 2. The Hall–Kier alpha value is -2.25. The SMILES string of the molecule is CC(C)(C)OC(=O)N1CCC(F)(F)C(c2ccnc(C(N)=O)c2)C1. The molecule has 1 aromatic heterocycles. The highest BCUT2D eigenvalue weighted by Gasteiger charge is 2.46. The second kappa shape index (κ2) is 6.33. The lowest BCUT2D eigenvalue weighted by Gasteiger charge is -2.39. The molecule has 8 heteroatoms. The monoisotopic (exact) mass is 341 g/mol. The molecule has 0 saturated carbocycles. The van der Waals surface area contributed by atoms with Crippen LogP contribution in [0.4, 0.5) is 13.6 Å². The van der Waals surface area contributed by atoms with Crippen LogP contribution in [0.5, 0.6) is 0 Å². The van der Waals surface area contributed by atoms with Gasteiger partial charge in [0.05, 0.1) is 5.92 Å². The Kier molecular flexibility index (Phi) is 4.77. The van der Waals surface area contributed by atoms with Gasteiger partial charge < -0.3 is 15.4 Å². The van der Waals surface area contributed by atoms with Gasteiger partial charge in [0.1, 0.15) is 11.3 Å². The molecule has 2 N–H and O–H groups in total. The van der Waals surface area contributed by atoms with E-state index in [1.807, 2.05) is 0 Å². The topological polar surface area (TPSA) is 85.5 Å². The van der Waals surface area contributed by atoms with E-state index in [0.29, 0.717) is 0 Å². The Labute approximate surface area is 139 Å². The second-order valence-corrected chi connectivity index (χ2v) is 6.83. The van der Waals surface area contributed by atoms with Gasteiger partial charge in [-0.2, -0.15) is 0 Å². The van der Waals surface area contributed by atoms with E-state index in [0.717, 1.165) is 0 Å². The lowest BCUT2D eigenvalue weighted by Crippen LogP contribution is -2.49.